The number of ketones is 1. The van der Waals surface area contributed by atoms with E-state index in [1.807, 2.05) is 44.2 Å². The number of rotatable bonds is 10. The molecule has 1 saturated carbocycles. The Balaban J connectivity index is 1.44. The number of pyridine rings is 1. The van der Waals surface area contributed by atoms with Gasteiger partial charge in [0.15, 0.2) is 23.1 Å². The summed E-state index contributed by atoms with van der Waals surface area (Å²) in [6, 6.07) is 11.4. The number of hydrogen-bond acceptors (Lipinski definition) is 9. The lowest BCUT2D eigenvalue weighted by Gasteiger charge is -2.34. The van der Waals surface area contributed by atoms with Gasteiger partial charge in [-0.2, -0.15) is 9.61 Å². The summed E-state index contributed by atoms with van der Waals surface area (Å²) in [4.78, 5) is 33.8. The van der Waals surface area contributed by atoms with Crippen molar-refractivity contribution in [3.8, 4) is 11.5 Å². The smallest absolute Gasteiger partial charge is 0.274 e. The SMILES string of the molecule is COc1ccc(CN2CCOc3c(Nc4cccn(C(C)C)c4=O)nc4c(C(=O)CC5CC[C@H]5OC)cnn4c32)cc1. The highest BCUT2D eigenvalue weighted by molar-refractivity contribution is 6.02. The third-order valence-electron chi connectivity index (χ3n) is 8.20. The fourth-order valence-corrected chi connectivity index (χ4v) is 5.69. The third kappa shape index (κ3) is 5.09. The molecule has 1 N–H and O–H groups in total. The van der Waals surface area contributed by atoms with Crippen molar-refractivity contribution in [2.24, 2.45) is 5.92 Å². The zero-order valence-corrected chi connectivity index (χ0v) is 24.4. The van der Waals surface area contributed by atoms with Crippen molar-refractivity contribution in [1.82, 2.24) is 19.2 Å². The molecule has 0 spiro atoms. The number of anilines is 3. The molecule has 4 heterocycles. The lowest BCUT2D eigenvalue weighted by Crippen LogP contribution is -2.35. The minimum atomic E-state index is -0.172. The van der Waals surface area contributed by atoms with Crippen LogP contribution < -0.4 is 25.2 Å². The quantitative estimate of drug-likeness (QED) is 0.272. The molecule has 11 heteroatoms. The second-order valence-electron chi connectivity index (χ2n) is 11.1. The summed E-state index contributed by atoms with van der Waals surface area (Å²) < 4.78 is 20.4. The Morgan fingerprint density at radius 3 is 2.67 bits per heavy atom. The first-order chi connectivity index (χ1) is 20.4. The molecule has 2 aliphatic rings. The molecule has 1 aliphatic heterocycles. The van der Waals surface area contributed by atoms with Crippen LogP contribution >= 0.6 is 0 Å². The van der Waals surface area contributed by atoms with Gasteiger partial charge in [0, 0.05) is 32.3 Å². The van der Waals surface area contributed by atoms with Crippen LogP contribution in [0, 0.1) is 5.92 Å². The second kappa shape index (κ2) is 11.5. The van der Waals surface area contributed by atoms with Crippen molar-refractivity contribution in [3.05, 3.63) is 70.3 Å². The van der Waals surface area contributed by atoms with Crippen molar-refractivity contribution >= 4 is 28.8 Å². The van der Waals surface area contributed by atoms with Crippen LogP contribution in [0.5, 0.6) is 11.5 Å². The molecule has 2 atom stereocenters. The standard InChI is InChI=1S/C31H36N6O5/c1-19(2)36-13-5-6-24(31(36)39)33-28-27-30(35(14-15-42-27)18-20-7-10-22(40-3)11-8-20)37-29(34-28)23(17-32-37)25(38)16-21-9-12-26(21)41-4/h5-8,10-11,13,17,19,21,26H,9,12,14-16,18H2,1-4H3,(H,33,34)/t21?,26-/m1/s1. The number of aromatic nitrogens is 4. The fourth-order valence-electron chi connectivity index (χ4n) is 5.69. The summed E-state index contributed by atoms with van der Waals surface area (Å²) in [7, 11) is 3.34. The number of carbonyl (C=O) groups excluding carboxylic acids is 1. The van der Waals surface area contributed by atoms with E-state index in [0.29, 0.717) is 60.4 Å². The largest absolute Gasteiger partial charge is 0.497 e. The van der Waals surface area contributed by atoms with Crippen molar-refractivity contribution in [3.63, 3.8) is 0 Å². The summed E-state index contributed by atoms with van der Waals surface area (Å²) in [5.41, 5.74) is 2.12. The summed E-state index contributed by atoms with van der Waals surface area (Å²) in [6.45, 7) is 5.51. The molecule has 1 unspecified atom stereocenters. The maximum Gasteiger partial charge on any atom is 0.274 e. The molecule has 0 saturated heterocycles. The summed E-state index contributed by atoms with van der Waals surface area (Å²) in [6.07, 6.45) is 5.74. The van der Waals surface area contributed by atoms with E-state index < -0.39 is 0 Å². The molecule has 0 amide bonds. The van der Waals surface area contributed by atoms with Crippen LogP contribution in [0.4, 0.5) is 17.3 Å². The van der Waals surface area contributed by atoms with Gasteiger partial charge in [0.25, 0.3) is 5.56 Å². The topological polar surface area (TPSA) is 112 Å². The number of carbonyl (C=O) groups is 1. The number of methoxy groups -OCH3 is 2. The molecule has 6 rings (SSSR count). The maximum absolute atomic E-state index is 13.5. The predicted octanol–water partition coefficient (Wildman–Crippen LogP) is 4.62. The van der Waals surface area contributed by atoms with Crippen molar-refractivity contribution < 1.29 is 19.0 Å². The molecular formula is C31H36N6O5. The maximum atomic E-state index is 13.5. The third-order valence-corrected chi connectivity index (χ3v) is 8.20. The van der Waals surface area contributed by atoms with Gasteiger partial charge in [0.05, 0.1) is 31.5 Å². The highest BCUT2D eigenvalue weighted by atomic mass is 16.5. The van der Waals surface area contributed by atoms with E-state index in [1.54, 1.807) is 41.8 Å². The van der Waals surface area contributed by atoms with Gasteiger partial charge in [-0.15, -0.1) is 0 Å². The van der Waals surface area contributed by atoms with Gasteiger partial charge in [0.1, 0.15) is 18.0 Å². The van der Waals surface area contributed by atoms with Gasteiger partial charge in [0.2, 0.25) is 5.75 Å². The normalized spacial score (nSPS) is 18.0. The Morgan fingerprint density at radius 2 is 1.98 bits per heavy atom. The summed E-state index contributed by atoms with van der Waals surface area (Å²) in [5.74, 6) is 2.44. The summed E-state index contributed by atoms with van der Waals surface area (Å²) in [5, 5.41) is 7.87. The van der Waals surface area contributed by atoms with Gasteiger partial charge >= 0.3 is 0 Å². The predicted molar refractivity (Wildman–Crippen MR) is 159 cm³/mol. The van der Waals surface area contributed by atoms with Gasteiger partial charge in [-0.25, -0.2) is 4.98 Å². The van der Waals surface area contributed by atoms with Crippen LogP contribution in [-0.2, 0) is 11.3 Å². The van der Waals surface area contributed by atoms with Crippen LogP contribution in [0.15, 0.2) is 53.6 Å². The fraction of sp³-hybridized carbons (Fsp3) is 0.419. The first kappa shape index (κ1) is 27.8. The van der Waals surface area contributed by atoms with Crippen molar-refractivity contribution in [1.29, 1.82) is 0 Å². The molecule has 0 radical (unpaired) electrons. The molecule has 0 bridgehead atoms. The molecule has 3 aromatic heterocycles. The highest BCUT2D eigenvalue weighted by Gasteiger charge is 2.34. The van der Waals surface area contributed by atoms with Gasteiger partial charge in [-0.1, -0.05) is 12.1 Å². The first-order valence-electron chi connectivity index (χ1n) is 14.3. The molecule has 1 aliphatic carbocycles. The van der Waals surface area contributed by atoms with E-state index in [2.05, 4.69) is 15.3 Å². The van der Waals surface area contributed by atoms with Crippen LogP contribution in [0.25, 0.3) is 5.65 Å². The molecule has 220 valence electrons. The Labute approximate surface area is 244 Å². The number of ether oxygens (including phenoxy) is 3. The van der Waals surface area contributed by atoms with E-state index in [1.165, 1.54) is 0 Å². The van der Waals surface area contributed by atoms with Crippen LogP contribution in [-0.4, -0.2) is 58.4 Å². The molecule has 11 nitrogen and oxygen atoms in total. The Kier molecular flexibility index (Phi) is 7.59. The molecule has 1 fully saturated rings. The van der Waals surface area contributed by atoms with Gasteiger partial charge < -0.3 is 29.0 Å². The number of hydrogen-bond donors (Lipinski definition) is 1. The minimum Gasteiger partial charge on any atom is -0.497 e. The highest BCUT2D eigenvalue weighted by Crippen LogP contribution is 2.41. The molecule has 42 heavy (non-hydrogen) atoms. The van der Waals surface area contributed by atoms with Gasteiger partial charge in [-0.3, -0.25) is 9.59 Å². The lowest BCUT2D eigenvalue weighted by molar-refractivity contribution is -0.0171. The number of nitrogens with zero attached hydrogens (tertiary/aromatic N) is 5. The first-order valence-corrected chi connectivity index (χ1v) is 14.3. The number of benzene rings is 1. The number of fused-ring (bicyclic) bond motifs is 3. The van der Waals surface area contributed by atoms with Crippen LogP contribution in [0.3, 0.4) is 0 Å². The Hall–Kier alpha value is -4.38. The molecular weight excluding hydrogens is 536 g/mol. The second-order valence-corrected chi connectivity index (χ2v) is 11.1. The van der Waals surface area contributed by atoms with E-state index in [0.717, 1.165) is 24.2 Å². The van der Waals surface area contributed by atoms with Crippen LogP contribution in [0.1, 0.15) is 55.1 Å². The monoisotopic (exact) mass is 572 g/mol. The Bertz CT molecular complexity index is 1660. The number of nitrogens with one attached hydrogen (secondary N) is 1. The van der Waals surface area contributed by atoms with Crippen molar-refractivity contribution in [2.45, 2.75) is 51.8 Å². The lowest BCUT2D eigenvalue weighted by atomic mass is 9.78. The van der Waals surface area contributed by atoms with Gasteiger partial charge in [-0.05, 0) is 62.4 Å². The zero-order chi connectivity index (χ0) is 29.4. The average Bonchev–Trinajstić information content (AvgIpc) is 3.41. The van der Waals surface area contributed by atoms with E-state index >= 15 is 0 Å². The van der Waals surface area contributed by atoms with E-state index in [9.17, 15) is 9.59 Å². The minimum absolute atomic E-state index is 0.0127. The number of Topliss-reactive ketones (excluding diaryl/α,β-unsaturated/α-hetero) is 1. The van der Waals surface area contributed by atoms with Crippen molar-refractivity contribution in [2.75, 3.05) is 37.6 Å². The Morgan fingerprint density at radius 1 is 1.17 bits per heavy atom. The molecule has 4 aromatic rings. The summed E-state index contributed by atoms with van der Waals surface area (Å²) >= 11 is 0. The van der Waals surface area contributed by atoms with E-state index in [-0.39, 0.29) is 29.4 Å². The average molecular weight is 573 g/mol. The van der Waals surface area contributed by atoms with E-state index in [4.69, 9.17) is 19.2 Å². The molecule has 1 aromatic carbocycles. The zero-order valence-electron chi connectivity index (χ0n) is 24.4. The van der Waals surface area contributed by atoms with Crippen LogP contribution in [0.2, 0.25) is 0 Å².